The first-order valence-electron chi connectivity index (χ1n) is 6.45. The van der Waals surface area contributed by atoms with Crippen molar-refractivity contribution < 1.29 is 9.52 Å². The first-order valence-corrected chi connectivity index (χ1v) is 6.45. The van der Waals surface area contributed by atoms with Crippen LogP contribution in [0, 0.1) is 5.92 Å². The number of furan rings is 1. The summed E-state index contributed by atoms with van der Waals surface area (Å²) in [6, 6.07) is 4.24. The van der Waals surface area contributed by atoms with Crippen molar-refractivity contribution in [2.75, 3.05) is 13.2 Å². The summed E-state index contributed by atoms with van der Waals surface area (Å²) in [6.07, 6.45) is 6.33. The zero-order chi connectivity index (χ0) is 12.1. The molecule has 1 heterocycles. The van der Waals surface area contributed by atoms with Gasteiger partial charge in [-0.3, -0.25) is 0 Å². The molecule has 1 aliphatic rings. The molecule has 1 aromatic heterocycles. The Labute approximate surface area is 102 Å². The molecule has 0 aromatic carbocycles. The highest BCUT2D eigenvalue weighted by Crippen LogP contribution is 2.26. The second-order valence-corrected chi connectivity index (χ2v) is 4.80. The SMILES string of the molecule is NCC(NC1CCCCC1CO)c1ccco1. The van der Waals surface area contributed by atoms with E-state index >= 15 is 0 Å². The minimum Gasteiger partial charge on any atom is -0.468 e. The van der Waals surface area contributed by atoms with Gasteiger partial charge in [0.2, 0.25) is 0 Å². The zero-order valence-electron chi connectivity index (χ0n) is 10.1. The normalized spacial score (nSPS) is 26.9. The van der Waals surface area contributed by atoms with E-state index in [1.165, 1.54) is 12.8 Å². The third kappa shape index (κ3) is 3.09. The number of aliphatic hydroxyl groups is 1. The summed E-state index contributed by atoms with van der Waals surface area (Å²) in [5.74, 6) is 1.24. The van der Waals surface area contributed by atoms with Gasteiger partial charge in [0.15, 0.2) is 0 Å². The van der Waals surface area contributed by atoms with Crippen molar-refractivity contribution in [3.63, 3.8) is 0 Å². The summed E-state index contributed by atoms with van der Waals surface area (Å²) in [7, 11) is 0. The molecule has 1 aromatic rings. The van der Waals surface area contributed by atoms with Crippen LogP contribution in [0.15, 0.2) is 22.8 Å². The van der Waals surface area contributed by atoms with Crippen LogP contribution in [0.3, 0.4) is 0 Å². The highest BCUT2D eigenvalue weighted by Gasteiger charge is 2.27. The average molecular weight is 238 g/mol. The monoisotopic (exact) mass is 238 g/mol. The van der Waals surface area contributed by atoms with Crippen molar-refractivity contribution in [3.05, 3.63) is 24.2 Å². The molecule has 3 atom stereocenters. The summed E-state index contributed by atoms with van der Waals surface area (Å²) in [5.41, 5.74) is 5.78. The standard InChI is InChI=1S/C13H22N2O2/c14-8-12(13-6-3-7-17-13)15-11-5-2-1-4-10(11)9-16/h3,6-7,10-12,15-16H,1-2,4-5,8-9,14H2. The van der Waals surface area contributed by atoms with Crippen LogP contribution in [0.1, 0.15) is 37.5 Å². The van der Waals surface area contributed by atoms with E-state index in [9.17, 15) is 5.11 Å². The van der Waals surface area contributed by atoms with Crippen LogP contribution in [0.25, 0.3) is 0 Å². The quantitative estimate of drug-likeness (QED) is 0.725. The lowest BCUT2D eigenvalue weighted by molar-refractivity contribution is 0.144. The summed E-state index contributed by atoms with van der Waals surface area (Å²) < 4.78 is 5.39. The fourth-order valence-corrected chi connectivity index (χ4v) is 2.66. The fourth-order valence-electron chi connectivity index (χ4n) is 2.66. The Morgan fingerprint density at radius 3 is 2.94 bits per heavy atom. The molecule has 2 rings (SSSR count). The minimum absolute atomic E-state index is 0.0575. The van der Waals surface area contributed by atoms with E-state index in [2.05, 4.69) is 5.32 Å². The summed E-state index contributed by atoms with van der Waals surface area (Å²) in [4.78, 5) is 0. The molecule has 0 aliphatic heterocycles. The Bertz CT molecular complexity index is 313. The Balaban J connectivity index is 1.97. The van der Waals surface area contributed by atoms with Crippen LogP contribution in [-0.2, 0) is 0 Å². The molecule has 4 N–H and O–H groups in total. The van der Waals surface area contributed by atoms with Crippen molar-refractivity contribution in [3.8, 4) is 0 Å². The lowest BCUT2D eigenvalue weighted by atomic mass is 9.84. The summed E-state index contributed by atoms with van der Waals surface area (Å²) in [5, 5.41) is 12.9. The van der Waals surface area contributed by atoms with Gasteiger partial charge in [-0.25, -0.2) is 0 Å². The van der Waals surface area contributed by atoms with E-state index in [1.807, 2.05) is 12.1 Å². The molecule has 1 saturated carbocycles. The van der Waals surface area contributed by atoms with Crippen molar-refractivity contribution in [1.82, 2.24) is 5.32 Å². The van der Waals surface area contributed by atoms with Gasteiger partial charge in [-0.15, -0.1) is 0 Å². The summed E-state index contributed by atoms with van der Waals surface area (Å²) in [6.45, 7) is 0.773. The van der Waals surface area contributed by atoms with E-state index in [0.29, 0.717) is 18.5 Å². The molecule has 17 heavy (non-hydrogen) atoms. The smallest absolute Gasteiger partial charge is 0.121 e. The van der Waals surface area contributed by atoms with E-state index < -0.39 is 0 Å². The van der Waals surface area contributed by atoms with Crippen LogP contribution in [0.2, 0.25) is 0 Å². The Morgan fingerprint density at radius 2 is 2.29 bits per heavy atom. The van der Waals surface area contributed by atoms with Gasteiger partial charge in [0.05, 0.1) is 12.3 Å². The number of hydrogen-bond acceptors (Lipinski definition) is 4. The van der Waals surface area contributed by atoms with Crippen molar-refractivity contribution in [2.45, 2.75) is 37.8 Å². The van der Waals surface area contributed by atoms with Crippen LogP contribution < -0.4 is 11.1 Å². The van der Waals surface area contributed by atoms with E-state index in [1.54, 1.807) is 6.26 Å². The van der Waals surface area contributed by atoms with Crippen molar-refractivity contribution >= 4 is 0 Å². The van der Waals surface area contributed by atoms with Gasteiger partial charge in [-0.2, -0.15) is 0 Å². The lowest BCUT2D eigenvalue weighted by Crippen LogP contribution is -2.44. The molecule has 0 saturated heterocycles. The van der Waals surface area contributed by atoms with Gasteiger partial charge >= 0.3 is 0 Å². The second-order valence-electron chi connectivity index (χ2n) is 4.80. The van der Waals surface area contributed by atoms with Crippen molar-refractivity contribution in [1.29, 1.82) is 0 Å². The van der Waals surface area contributed by atoms with E-state index in [-0.39, 0.29) is 12.6 Å². The Morgan fingerprint density at radius 1 is 1.47 bits per heavy atom. The van der Waals surface area contributed by atoms with Crippen LogP contribution in [0.5, 0.6) is 0 Å². The molecule has 0 spiro atoms. The van der Waals surface area contributed by atoms with Gasteiger partial charge in [0.1, 0.15) is 5.76 Å². The molecule has 4 heteroatoms. The van der Waals surface area contributed by atoms with Crippen molar-refractivity contribution in [2.24, 2.45) is 11.7 Å². The minimum atomic E-state index is 0.0575. The molecule has 4 nitrogen and oxygen atoms in total. The molecule has 1 aliphatic carbocycles. The number of aliphatic hydroxyl groups excluding tert-OH is 1. The van der Waals surface area contributed by atoms with Gasteiger partial charge in [0.25, 0.3) is 0 Å². The highest BCUT2D eigenvalue weighted by molar-refractivity contribution is 5.05. The predicted molar refractivity (Wildman–Crippen MR) is 66.5 cm³/mol. The van der Waals surface area contributed by atoms with Gasteiger partial charge in [0, 0.05) is 19.2 Å². The number of nitrogens with two attached hydrogens (primary N) is 1. The fraction of sp³-hybridized carbons (Fsp3) is 0.692. The third-order valence-electron chi connectivity index (χ3n) is 3.68. The van der Waals surface area contributed by atoms with E-state index in [4.69, 9.17) is 10.2 Å². The molecule has 96 valence electrons. The maximum atomic E-state index is 9.38. The first kappa shape index (κ1) is 12.6. The average Bonchev–Trinajstić information content (AvgIpc) is 2.90. The number of nitrogens with one attached hydrogen (secondary N) is 1. The molecular formula is C13H22N2O2. The van der Waals surface area contributed by atoms with Gasteiger partial charge in [-0.1, -0.05) is 12.8 Å². The number of hydrogen-bond donors (Lipinski definition) is 3. The van der Waals surface area contributed by atoms with E-state index in [0.717, 1.165) is 18.6 Å². The summed E-state index contributed by atoms with van der Waals surface area (Å²) >= 11 is 0. The predicted octanol–water partition coefficient (Wildman–Crippen LogP) is 1.42. The molecule has 3 unspecified atom stereocenters. The molecular weight excluding hydrogens is 216 g/mol. The third-order valence-corrected chi connectivity index (χ3v) is 3.68. The lowest BCUT2D eigenvalue weighted by Gasteiger charge is -2.33. The Hall–Kier alpha value is -0.840. The van der Waals surface area contributed by atoms with Gasteiger partial charge < -0.3 is 20.6 Å². The maximum absolute atomic E-state index is 9.38. The number of rotatable bonds is 5. The van der Waals surface area contributed by atoms with Crippen LogP contribution in [-0.4, -0.2) is 24.3 Å². The largest absolute Gasteiger partial charge is 0.468 e. The molecule has 0 radical (unpaired) electrons. The first-order chi connectivity index (χ1) is 8.35. The topological polar surface area (TPSA) is 71.4 Å². The molecule has 0 bridgehead atoms. The maximum Gasteiger partial charge on any atom is 0.121 e. The van der Waals surface area contributed by atoms with Crippen LogP contribution >= 0.6 is 0 Å². The zero-order valence-corrected chi connectivity index (χ0v) is 10.1. The van der Waals surface area contributed by atoms with Gasteiger partial charge in [-0.05, 0) is 30.9 Å². The molecule has 1 fully saturated rings. The second kappa shape index (κ2) is 6.19. The Kier molecular flexibility index (Phi) is 4.59. The molecule has 0 amide bonds. The van der Waals surface area contributed by atoms with Crippen LogP contribution in [0.4, 0.5) is 0 Å². The highest BCUT2D eigenvalue weighted by atomic mass is 16.3.